The maximum atomic E-state index is 14.4. The van der Waals surface area contributed by atoms with E-state index in [9.17, 15) is 13.2 Å². The van der Waals surface area contributed by atoms with Crippen molar-refractivity contribution in [3.05, 3.63) is 60.2 Å². The highest BCUT2D eigenvalue weighted by molar-refractivity contribution is 5.63. The molecule has 7 nitrogen and oxygen atoms in total. The predicted molar refractivity (Wildman–Crippen MR) is 109 cm³/mol. The van der Waals surface area contributed by atoms with Gasteiger partial charge in [0.15, 0.2) is 0 Å². The number of halogens is 3. The standard InChI is InChI=1S/C21H21F3N6O/c22-14-7-15(23)9-17(8-14)30-13-25-21(27-30)26-16-1-2-19(24)20(10-16)29-11-18(12-29)28-3-5-31-6-4-28/h1-2,7-10,13,18H,3-6,11-12H2,(H,26,27). The van der Waals surface area contributed by atoms with E-state index < -0.39 is 11.6 Å². The van der Waals surface area contributed by atoms with Crippen molar-refractivity contribution in [1.29, 1.82) is 0 Å². The summed E-state index contributed by atoms with van der Waals surface area (Å²) in [6.45, 7) is 4.83. The molecule has 2 aromatic carbocycles. The summed E-state index contributed by atoms with van der Waals surface area (Å²) in [5.74, 6) is -1.46. The van der Waals surface area contributed by atoms with Crippen LogP contribution in [0.2, 0.25) is 0 Å². The van der Waals surface area contributed by atoms with E-state index in [1.165, 1.54) is 17.1 Å². The van der Waals surface area contributed by atoms with Crippen LogP contribution in [0.1, 0.15) is 0 Å². The predicted octanol–water partition coefficient (Wildman–Crippen LogP) is 2.95. The summed E-state index contributed by atoms with van der Waals surface area (Å²) in [6, 6.07) is 8.23. The lowest BCUT2D eigenvalue weighted by atomic mass is 10.0. The van der Waals surface area contributed by atoms with E-state index in [0.29, 0.717) is 17.4 Å². The van der Waals surface area contributed by atoms with Crippen LogP contribution in [0.5, 0.6) is 0 Å². The molecule has 2 aliphatic rings. The summed E-state index contributed by atoms with van der Waals surface area (Å²) >= 11 is 0. The maximum absolute atomic E-state index is 14.4. The van der Waals surface area contributed by atoms with Crippen molar-refractivity contribution in [1.82, 2.24) is 19.7 Å². The number of hydrogen-bond donors (Lipinski definition) is 1. The Bertz CT molecular complexity index is 1060. The van der Waals surface area contributed by atoms with E-state index in [1.54, 1.807) is 12.1 Å². The van der Waals surface area contributed by atoms with Crippen molar-refractivity contribution in [3.63, 3.8) is 0 Å². The molecule has 31 heavy (non-hydrogen) atoms. The van der Waals surface area contributed by atoms with Crippen LogP contribution >= 0.6 is 0 Å². The zero-order valence-corrected chi connectivity index (χ0v) is 16.6. The Kier molecular flexibility index (Phi) is 5.24. The molecular formula is C21H21F3N6O. The Morgan fingerprint density at radius 2 is 1.71 bits per heavy atom. The minimum absolute atomic E-state index is 0.215. The molecule has 3 heterocycles. The fourth-order valence-corrected chi connectivity index (χ4v) is 3.90. The van der Waals surface area contributed by atoms with Gasteiger partial charge in [-0.1, -0.05) is 0 Å². The van der Waals surface area contributed by atoms with Crippen LogP contribution in [0.15, 0.2) is 42.7 Å². The van der Waals surface area contributed by atoms with Gasteiger partial charge in [0.05, 0.1) is 24.6 Å². The zero-order valence-electron chi connectivity index (χ0n) is 16.6. The molecule has 10 heteroatoms. The second-order valence-electron chi connectivity index (χ2n) is 7.64. The van der Waals surface area contributed by atoms with Gasteiger partial charge >= 0.3 is 0 Å². The lowest BCUT2D eigenvalue weighted by Crippen LogP contribution is -2.61. The second-order valence-corrected chi connectivity index (χ2v) is 7.64. The second kappa shape index (κ2) is 8.20. The molecule has 2 fully saturated rings. The van der Waals surface area contributed by atoms with Gasteiger partial charge in [-0.25, -0.2) is 17.9 Å². The highest BCUT2D eigenvalue weighted by atomic mass is 19.1. The Balaban J connectivity index is 1.27. The molecule has 3 aromatic rings. The average molecular weight is 430 g/mol. The molecule has 0 aliphatic carbocycles. The molecule has 1 N–H and O–H groups in total. The molecule has 0 bridgehead atoms. The SMILES string of the molecule is Fc1cc(F)cc(-n2cnc(Nc3ccc(F)c(N4CC(N5CCOCC5)C4)c3)n2)c1. The molecule has 2 saturated heterocycles. The van der Waals surface area contributed by atoms with Crippen molar-refractivity contribution >= 4 is 17.3 Å². The molecule has 0 amide bonds. The van der Waals surface area contributed by atoms with E-state index in [0.717, 1.165) is 57.6 Å². The highest BCUT2D eigenvalue weighted by Crippen LogP contribution is 2.30. The van der Waals surface area contributed by atoms with Crippen LogP contribution in [-0.4, -0.2) is 65.1 Å². The zero-order chi connectivity index (χ0) is 21.4. The van der Waals surface area contributed by atoms with Gasteiger partial charge in [-0.3, -0.25) is 4.90 Å². The number of aromatic nitrogens is 3. The van der Waals surface area contributed by atoms with Gasteiger partial charge < -0.3 is 15.0 Å². The monoisotopic (exact) mass is 430 g/mol. The summed E-state index contributed by atoms with van der Waals surface area (Å²) in [6.07, 6.45) is 1.35. The smallest absolute Gasteiger partial charge is 0.246 e. The molecule has 0 unspecified atom stereocenters. The molecule has 2 aliphatic heterocycles. The normalized spacial score (nSPS) is 17.6. The Hall–Kier alpha value is -3.11. The summed E-state index contributed by atoms with van der Waals surface area (Å²) in [5.41, 5.74) is 1.35. The van der Waals surface area contributed by atoms with Crippen LogP contribution in [0, 0.1) is 17.5 Å². The number of hydrogen-bond acceptors (Lipinski definition) is 6. The highest BCUT2D eigenvalue weighted by Gasteiger charge is 2.33. The van der Waals surface area contributed by atoms with Gasteiger partial charge in [0.25, 0.3) is 0 Å². The number of morpholine rings is 1. The first kappa shape index (κ1) is 19.8. The fourth-order valence-electron chi connectivity index (χ4n) is 3.90. The molecule has 5 rings (SSSR count). The van der Waals surface area contributed by atoms with Gasteiger partial charge in [-0.05, 0) is 30.3 Å². The van der Waals surface area contributed by atoms with Crippen molar-refractivity contribution in [2.24, 2.45) is 0 Å². The van der Waals surface area contributed by atoms with E-state index in [1.807, 2.05) is 4.90 Å². The van der Waals surface area contributed by atoms with Crippen molar-refractivity contribution in [3.8, 4) is 5.69 Å². The van der Waals surface area contributed by atoms with Crippen molar-refractivity contribution < 1.29 is 17.9 Å². The van der Waals surface area contributed by atoms with Gasteiger partial charge in [-0.15, -0.1) is 5.10 Å². The number of anilines is 3. The van der Waals surface area contributed by atoms with Gasteiger partial charge in [0, 0.05) is 44.0 Å². The minimum Gasteiger partial charge on any atom is -0.379 e. The fraction of sp³-hybridized carbons (Fsp3) is 0.333. The lowest BCUT2D eigenvalue weighted by Gasteiger charge is -2.47. The van der Waals surface area contributed by atoms with E-state index in [2.05, 4.69) is 20.3 Å². The third-order valence-electron chi connectivity index (χ3n) is 5.57. The largest absolute Gasteiger partial charge is 0.379 e. The third kappa shape index (κ3) is 4.21. The molecule has 0 atom stereocenters. The molecule has 162 valence electrons. The first-order chi connectivity index (χ1) is 15.0. The van der Waals surface area contributed by atoms with Crippen LogP contribution in [0.3, 0.4) is 0 Å². The van der Waals surface area contributed by atoms with Crippen molar-refractivity contribution in [2.75, 3.05) is 49.6 Å². The lowest BCUT2D eigenvalue weighted by molar-refractivity contribution is 0.0104. The van der Waals surface area contributed by atoms with Crippen LogP contribution in [0.4, 0.5) is 30.5 Å². The van der Waals surface area contributed by atoms with Gasteiger partial charge in [-0.2, -0.15) is 4.98 Å². The first-order valence-corrected chi connectivity index (χ1v) is 10.1. The molecule has 0 saturated carbocycles. The van der Waals surface area contributed by atoms with E-state index in [4.69, 9.17) is 4.74 Å². The number of nitrogens with zero attached hydrogens (tertiary/aromatic N) is 5. The molecule has 1 aromatic heterocycles. The molecular weight excluding hydrogens is 409 g/mol. The number of benzene rings is 2. The third-order valence-corrected chi connectivity index (χ3v) is 5.57. The van der Waals surface area contributed by atoms with E-state index in [-0.39, 0.29) is 17.5 Å². The van der Waals surface area contributed by atoms with Crippen molar-refractivity contribution in [2.45, 2.75) is 6.04 Å². The van der Waals surface area contributed by atoms with E-state index >= 15 is 0 Å². The minimum atomic E-state index is -0.701. The Labute approximate surface area is 177 Å². The number of nitrogens with one attached hydrogen (secondary N) is 1. The van der Waals surface area contributed by atoms with Gasteiger partial charge in [0.1, 0.15) is 23.8 Å². The molecule has 0 spiro atoms. The topological polar surface area (TPSA) is 58.5 Å². The van der Waals surface area contributed by atoms with Crippen LogP contribution in [0.25, 0.3) is 5.69 Å². The van der Waals surface area contributed by atoms with Gasteiger partial charge in [0.2, 0.25) is 5.95 Å². The summed E-state index contributed by atoms with van der Waals surface area (Å²) in [7, 11) is 0. The average Bonchev–Trinajstić information content (AvgIpc) is 3.18. The quantitative estimate of drug-likeness (QED) is 0.672. The van der Waals surface area contributed by atoms with Crippen LogP contribution in [-0.2, 0) is 4.74 Å². The maximum Gasteiger partial charge on any atom is 0.246 e. The summed E-state index contributed by atoms with van der Waals surface area (Å²) in [5, 5.41) is 7.22. The molecule has 0 radical (unpaired) electrons. The summed E-state index contributed by atoms with van der Waals surface area (Å²) in [4.78, 5) is 8.50. The number of rotatable bonds is 5. The Morgan fingerprint density at radius 3 is 2.45 bits per heavy atom. The summed E-state index contributed by atoms with van der Waals surface area (Å²) < 4.78 is 48.0. The Morgan fingerprint density at radius 1 is 0.968 bits per heavy atom. The van der Waals surface area contributed by atoms with Crippen LogP contribution < -0.4 is 10.2 Å². The first-order valence-electron chi connectivity index (χ1n) is 10.1. The number of ether oxygens (including phenoxy) is 1.